The number of hydrazone groups is 1. The summed E-state index contributed by atoms with van der Waals surface area (Å²) in [5.41, 5.74) is 5.55. The largest absolute Gasteiger partial charge is 0.340 e. The SMILES string of the molecule is CCC1C(=O)N(C)c2cnc(NN=Cc3cc(C)ccn3)nc2N1C1CCCC1. The minimum Gasteiger partial charge on any atom is -0.340 e. The van der Waals surface area contributed by atoms with E-state index in [-0.39, 0.29) is 11.9 Å². The lowest BCUT2D eigenvalue weighted by Crippen LogP contribution is -2.55. The number of nitrogens with one attached hydrogen (secondary N) is 1. The van der Waals surface area contributed by atoms with Crippen LogP contribution in [0.3, 0.4) is 0 Å². The monoisotopic (exact) mass is 393 g/mol. The Hall–Kier alpha value is -3.03. The van der Waals surface area contributed by atoms with Gasteiger partial charge in [-0.2, -0.15) is 10.1 Å². The van der Waals surface area contributed by atoms with Gasteiger partial charge in [0.25, 0.3) is 0 Å². The van der Waals surface area contributed by atoms with Gasteiger partial charge in [-0.25, -0.2) is 10.4 Å². The third-order valence-electron chi connectivity index (χ3n) is 5.71. The van der Waals surface area contributed by atoms with Crippen LogP contribution in [0.25, 0.3) is 0 Å². The number of carbonyl (C=O) groups is 1. The fourth-order valence-corrected chi connectivity index (χ4v) is 4.22. The number of hydrogen-bond acceptors (Lipinski definition) is 7. The molecule has 1 aliphatic carbocycles. The Bertz CT molecular complexity index is 923. The molecule has 2 aromatic heterocycles. The van der Waals surface area contributed by atoms with Gasteiger partial charge in [-0.1, -0.05) is 19.8 Å². The molecule has 1 atom stereocenters. The van der Waals surface area contributed by atoms with Crippen molar-refractivity contribution in [1.82, 2.24) is 15.0 Å². The van der Waals surface area contributed by atoms with Crippen molar-refractivity contribution in [3.63, 3.8) is 0 Å². The summed E-state index contributed by atoms with van der Waals surface area (Å²) in [6, 6.07) is 4.06. The third-order valence-corrected chi connectivity index (χ3v) is 5.71. The van der Waals surface area contributed by atoms with Gasteiger partial charge < -0.3 is 9.80 Å². The molecule has 1 amide bonds. The summed E-state index contributed by atoms with van der Waals surface area (Å²) in [4.78, 5) is 30.2. The maximum absolute atomic E-state index is 12.9. The van der Waals surface area contributed by atoms with E-state index in [4.69, 9.17) is 4.98 Å². The van der Waals surface area contributed by atoms with Gasteiger partial charge in [0.1, 0.15) is 11.7 Å². The van der Waals surface area contributed by atoms with Gasteiger partial charge in [0.05, 0.1) is 18.1 Å². The minimum absolute atomic E-state index is 0.111. The summed E-state index contributed by atoms with van der Waals surface area (Å²) in [5, 5.41) is 4.24. The molecule has 3 heterocycles. The van der Waals surface area contributed by atoms with Crippen LogP contribution < -0.4 is 15.2 Å². The summed E-state index contributed by atoms with van der Waals surface area (Å²) < 4.78 is 0. The van der Waals surface area contributed by atoms with E-state index < -0.39 is 0 Å². The second-order valence-corrected chi connectivity index (χ2v) is 7.70. The fourth-order valence-electron chi connectivity index (χ4n) is 4.22. The van der Waals surface area contributed by atoms with Crippen molar-refractivity contribution in [2.24, 2.45) is 5.10 Å². The lowest BCUT2D eigenvalue weighted by molar-refractivity contribution is -0.120. The van der Waals surface area contributed by atoms with E-state index >= 15 is 0 Å². The number of likely N-dealkylation sites (N-methyl/N-ethyl adjacent to an activating group) is 1. The number of anilines is 3. The van der Waals surface area contributed by atoms with Crippen molar-refractivity contribution in [2.75, 3.05) is 22.3 Å². The second-order valence-electron chi connectivity index (χ2n) is 7.70. The van der Waals surface area contributed by atoms with Crippen LogP contribution in [0.5, 0.6) is 0 Å². The summed E-state index contributed by atoms with van der Waals surface area (Å²) in [6.45, 7) is 4.07. The van der Waals surface area contributed by atoms with Crippen molar-refractivity contribution in [3.8, 4) is 0 Å². The Morgan fingerprint density at radius 3 is 2.83 bits per heavy atom. The average molecular weight is 393 g/mol. The summed E-state index contributed by atoms with van der Waals surface area (Å²) in [6.07, 6.45) is 10.4. The molecule has 1 saturated carbocycles. The van der Waals surface area contributed by atoms with Gasteiger partial charge >= 0.3 is 0 Å². The predicted molar refractivity (Wildman–Crippen MR) is 114 cm³/mol. The first-order valence-corrected chi connectivity index (χ1v) is 10.2. The second kappa shape index (κ2) is 8.14. The molecule has 2 aromatic rings. The summed E-state index contributed by atoms with van der Waals surface area (Å²) >= 11 is 0. The van der Waals surface area contributed by atoms with Crippen molar-refractivity contribution >= 4 is 29.6 Å². The lowest BCUT2D eigenvalue weighted by Gasteiger charge is -2.43. The molecule has 0 saturated heterocycles. The zero-order valence-electron chi connectivity index (χ0n) is 17.2. The number of amides is 1. The standard InChI is InChI=1S/C21H27N7O/c1-4-17-20(29)27(3)18-13-23-21(25-19(18)28(17)16-7-5-6-8-16)26-24-12-15-11-14(2)9-10-22-15/h9-13,16-17H,4-8H2,1-3H3,(H,23,25,26). The van der Waals surface area contributed by atoms with Crippen molar-refractivity contribution in [1.29, 1.82) is 0 Å². The topological polar surface area (TPSA) is 86.6 Å². The summed E-state index contributed by atoms with van der Waals surface area (Å²) in [7, 11) is 1.80. The highest BCUT2D eigenvalue weighted by Gasteiger charge is 2.41. The molecule has 8 nitrogen and oxygen atoms in total. The molecule has 4 rings (SSSR count). The Kier molecular flexibility index (Phi) is 5.42. The number of aromatic nitrogens is 3. The molecule has 0 aromatic carbocycles. The van der Waals surface area contributed by atoms with E-state index in [1.165, 1.54) is 12.8 Å². The highest BCUT2D eigenvalue weighted by atomic mass is 16.2. The molecule has 1 N–H and O–H groups in total. The first kappa shape index (κ1) is 19.3. The van der Waals surface area contributed by atoms with Gasteiger partial charge in [-0.05, 0) is 43.9 Å². The molecule has 1 fully saturated rings. The van der Waals surface area contributed by atoms with Crippen LogP contribution >= 0.6 is 0 Å². The maximum atomic E-state index is 12.9. The van der Waals surface area contributed by atoms with E-state index in [0.29, 0.717) is 12.0 Å². The Morgan fingerprint density at radius 2 is 2.10 bits per heavy atom. The molecular formula is C21H27N7O. The average Bonchev–Trinajstić information content (AvgIpc) is 3.25. The predicted octanol–water partition coefficient (Wildman–Crippen LogP) is 3.13. The molecule has 8 heteroatoms. The number of nitrogens with zero attached hydrogens (tertiary/aromatic N) is 6. The smallest absolute Gasteiger partial charge is 0.249 e. The van der Waals surface area contributed by atoms with Gasteiger partial charge in [0.2, 0.25) is 11.9 Å². The number of rotatable bonds is 5. The zero-order chi connectivity index (χ0) is 20.4. The van der Waals surface area contributed by atoms with Gasteiger partial charge in [-0.3, -0.25) is 9.78 Å². The third kappa shape index (κ3) is 3.79. The first-order chi connectivity index (χ1) is 14.1. The Balaban J connectivity index is 1.62. The highest BCUT2D eigenvalue weighted by molar-refractivity contribution is 6.04. The van der Waals surface area contributed by atoms with E-state index in [1.54, 1.807) is 30.6 Å². The molecule has 2 aliphatic rings. The molecule has 0 spiro atoms. The normalized spacial score (nSPS) is 19.8. The van der Waals surface area contributed by atoms with Crippen LogP contribution in [-0.2, 0) is 4.79 Å². The minimum atomic E-state index is -0.182. The zero-order valence-corrected chi connectivity index (χ0v) is 17.2. The van der Waals surface area contributed by atoms with Gasteiger partial charge in [0, 0.05) is 19.3 Å². The molecule has 0 radical (unpaired) electrons. The van der Waals surface area contributed by atoms with Crippen molar-refractivity contribution in [3.05, 3.63) is 35.8 Å². The molecule has 152 valence electrons. The maximum Gasteiger partial charge on any atom is 0.249 e. The van der Waals surface area contributed by atoms with Crippen molar-refractivity contribution in [2.45, 2.75) is 58.0 Å². The number of aryl methyl sites for hydroxylation is 1. The quantitative estimate of drug-likeness (QED) is 0.620. The molecule has 0 bridgehead atoms. The van der Waals surface area contributed by atoms with Crippen LogP contribution in [0.4, 0.5) is 17.5 Å². The number of carbonyl (C=O) groups excluding carboxylic acids is 1. The van der Waals surface area contributed by atoms with Crippen LogP contribution in [0.15, 0.2) is 29.6 Å². The number of fused-ring (bicyclic) bond motifs is 1. The number of pyridine rings is 1. The van der Waals surface area contributed by atoms with Gasteiger partial charge in [0.15, 0.2) is 5.82 Å². The Labute approximate surface area is 171 Å². The number of hydrogen-bond donors (Lipinski definition) is 1. The van der Waals surface area contributed by atoms with Crippen LogP contribution in [0.2, 0.25) is 0 Å². The van der Waals surface area contributed by atoms with E-state index in [0.717, 1.165) is 42.0 Å². The van der Waals surface area contributed by atoms with E-state index in [9.17, 15) is 4.79 Å². The molecule has 1 unspecified atom stereocenters. The highest BCUT2D eigenvalue weighted by Crippen LogP contribution is 2.39. The molecule has 29 heavy (non-hydrogen) atoms. The van der Waals surface area contributed by atoms with Crippen LogP contribution in [0, 0.1) is 6.92 Å². The van der Waals surface area contributed by atoms with E-state index in [1.807, 2.05) is 19.1 Å². The van der Waals surface area contributed by atoms with Crippen LogP contribution in [-0.4, -0.2) is 46.2 Å². The van der Waals surface area contributed by atoms with Gasteiger partial charge in [-0.15, -0.1) is 0 Å². The van der Waals surface area contributed by atoms with Crippen molar-refractivity contribution < 1.29 is 4.79 Å². The van der Waals surface area contributed by atoms with Crippen LogP contribution in [0.1, 0.15) is 50.3 Å². The van der Waals surface area contributed by atoms with E-state index in [2.05, 4.69) is 32.3 Å². The molecular weight excluding hydrogens is 366 g/mol. The Morgan fingerprint density at radius 1 is 1.31 bits per heavy atom. The fraction of sp³-hybridized carbons (Fsp3) is 0.476. The molecule has 1 aliphatic heterocycles. The summed E-state index contributed by atoms with van der Waals surface area (Å²) in [5.74, 6) is 1.33. The first-order valence-electron chi connectivity index (χ1n) is 10.2. The lowest BCUT2D eigenvalue weighted by atomic mass is 10.0.